The first kappa shape index (κ1) is 19.2. The fourth-order valence-electron chi connectivity index (χ4n) is 5.60. The summed E-state index contributed by atoms with van der Waals surface area (Å²) in [5.41, 5.74) is 7.79. The predicted octanol–water partition coefficient (Wildman–Crippen LogP) is 5.87. The summed E-state index contributed by atoms with van der Waals surface area (Å²) in [6.07, 6.45) is 2.30. The van der Waals surface area contributed by atoms with Gasteiger partial charge in [-0.2, -0.15) is 0 Å². The molecule has 0 saturated carbocycles. The summed E-state index contributed by atoms with van der Waals surface area (Å²) in [4.78, 5) is 2.84. The van der Waals surface area contributed by atoms with E-state index in [9.17, 15) is 10.2 Å². The summed E-state index contributed by atoms with van der Waals surface area (Å²) in [6.45, 7) is 4.04. The standard InChI is InChI=1S/C26H23NO2S2/c1-14-8-9-17-18(12-14)22-16-7-3-2-6-15(16)21(17)23-19(28)13-20(25(29)24(22)23)31-26(30)27-10-4-5-11-27/h2-3,6-9,12-13,21-22,28-29H,4-5,10-11H2,1H3. The molecule has 2 bridgehead atoms. The molecule has 3 aromatic rings. The van der Waals surface area contributed by atoms with E-state index >= 15 is 0 Å². The Hall–Kier alpha value is -2.50. The first-order valence-corrected chi connectivity index (χ1v) is 12.0. The van der Waals surface area contributed by atoms with Gasteiger partial charge in [0, 0.05) is 36.1 Å². The number of aromatic hydroxyl groups is 2. The van der Waals surface area contributed by atoms with Crippen molar-refractivity contribution in [3.63, 3.8) is 0 Å². The van der Waals surface area contributed by atoms with Gasteiger partial charge in [-0.1, -0.05) is 72.0 Å². The molecular weight excluding hydrogens is 422 g/mol. The summed E-state index contributed by atoms with van der Waals surface area (Å²) in [6, 6.07) is 16.7. The maximum absolute atomic E-state index is 11.5. The van der Waals surface area contributed by atoms with Crippen molar-refractivity contribution in [3.05, 3.63) is 87.5 Å². The minimum absolute atomic E-state index is 0.0673. The van der Waals surface area contributed by atoms with Crippen LogP contribution in [-0.4, -0.2) is 32.5 Å². The molecule has 0 radical (unpaired) electrons. The van der Waals surface area contributed by atoms with Gasteiger partial charge in [0.2, 0.25) is 0 Å². The normalized spacial score (nSPS) is 20.4. The lowest BCUT2D eigenvalue weighted by molar-refractivity contribution is 0.429. The first-order valence-electron chi connectivity index (χ1n) is 10.8. The number of thioether (sulfide) groups is 1. The number of thiocarbonyl (C=S) groups is 1. The van der Waals surface area contributed by atoms with Gasteiger partial charge in [0.25, 0.3) is 0 Å². The third-order valence-electron chi connectivity index (χ3n) is 6.94. The fourth-order valence-corrected chi connectivity index (χ4v) is 6.93. The maximum Gasteiger partial charge on any atom is 0.141 e. The van der Waals surface area contributed by atoms with Crippen molar-refractivity contribution < 1.29 is 10.2 Å². The van der Waals surface area contributed by atoms with E-state index in [1.165, 1.54) is 39.6 Å². The molecular formula is C26H23NO2S2. The van der Waals surface area contributed by atoms with Gasteiger partial charge in [0.15, 0.2) is 0 Å². The lowest BCUT2D eigenvalue weighted by Gasteiger charge is -2.43. The van der Waals surface area contributed by atoms with E-state index in [1.807, 2.05) is 0 Å². The highest BCUT2D eigenvalue weighted by molar-refractivity contribution is 8.23. The number of likely N-dealkylation sites (tertiary alicyclic amines) is 1. The Morgan fingerprint density at radius 1 is 0.903 bits per heavy atom. The number of hydrogen-bond donors (Lipinski definition) is 2. The van der Waals surface area contributed by atoms with Crippen LogP contribution in [0.25, 0.3) is 0 Å². The summed E-state index contributed by atoms with van der Waals surface area (Å²) < 4.78 is 0.768. The van der Waals surface area contributed by atoms with E-state index in [0.717, 1.165) is 41.4 Å². The molecule has 1 saturated heterocycles. The number of phenols is 2. The Bertz CT molecular complexity index is 1250. The molecule has 2 unspecified atom stereocenters. The van der Waals surface area contributed by atoms with Crippen molar-refractivity contribution in [1.29, 1.82) is 0 Å². The van der Waals surface area contributed by atoms with Crippen molar-refractivity contribution in [2.24, 2.45) is 0 Å². The molecule has 2 atom stereocenters. The highest BCUT2D eigenvalue weighted by Crippen LogP contribution is 2.61. The van der Waals surface area contributed by atoms with Crippen LogP contribution < -0.4 is 0 Å². The van der Waals surface area contributed by atoms with Crippen LogP contribution in [0.5, 0.6) is 11.5 Å². The second kappa shape index (κ2) is 7.01. The molecule has 2 N–H and O–H groups in total. The van der Waals surface area contributed by atoms with Crippen molar-refractivity contribution in [1.82, 2.24) is 4.90 Å². The van der Waals surface area contributed by atoms with Crippen LogP contribution in [0.4, 0.5) is 0 Å². The lowest BCUT2D eigenvalue weighted by atomic mass is 9.60. The summed E-state index contributed by atoms with van der Waals surface area (Å²) in [5, 5.41) is 22.7. The zero-order valence-corrected chi connectivity index (χ0v) is 18.9. The zero-order valence-electron chi connectivity index (χ0n) is 17.3. The number of hydrogen-bond acceptors (Lipinski definition) is 4. The van der Waals surface area contributed by atoms with Gasteiger partial charge in [-0.15, -0.1) is 0 Å². The molecule has 0 amide bonds. The Balaban J connectivity index is 1.54. The summed E-state index contributed by atoms with van der Waals surface area (Å²) in [7, 11) is 0. The highest BCUT2D eigenvalue weighted by Gasteiger charge is 2.45. The van der Waals surface area contributed by atoms with Crippen molar-refractivity contribution in [3.8, 4) is 11.5 Å². The predicted molar refractivity (Wildman–Crippen MR) is 129 cm³/mol. The van der Waals surface area contributed by atoms with E-state index in [4.69, 9.17) is 12.2 Å². The lowest BCUT2D eigenvalue weighted by Crippen LogP contribution is -2.28. The Morgan fingerprint density at radius 3 is 2.26 bits per heavy atom. The molecule has 3 aliphatic carbocycles. The van der Waals surface area contributed by atoms with Crippen LogP contribution in [0.15, 0.2) is 53.4 Å². The second-order valence-corrected chi connectivity index (χ2v) is 10.4. The van der Waals surface area contributed by atoms with Gasteiger partial charge in [0.05, 0.1) is 4.90 Å². The van der Waals surface area contributed by atoms with Crippen molar-refractivity contribution >= 4 is 28.3 Å². The maximum atomic E-state index is 11.5. The van der Waals surface area contributed by atoms with Crippen LogP contribution >= 0.6 is 24.0 Å². The molecule has 1 fully saturated rings. The third-order valence-corrected chi connectivity index (χ3v) is 8.42. The molecule has 5 heteroatoms. The number of aryl methyl sites for hydroxylation is 1. The van der Waals surface area contributed by atoms with Gasteiger partial charge in [0.1, 0.15) is 15.8 Å². The Labute approximate surface area is 191 Å². The first-order chi connectivity index (χ1) is 15.0. The molecule has 7 rings (SSSR count). The SMILES string of the molecule is Cc1ccc2c(c1)C1c3ccccc3C2c2c(O)cc(SC(=S)N3CCCC3)c(O)c21. The van der Waals surface area contributed by atoms with Gasteiger partial charge < -0.3 is 15.1 Å². The van der Waals surface area contributed by atoms with Crippen LogP contribution in [0.1, 0.15) is 63.6 Å². The molecule has 4 aliphatic rings. The van der Waals surface area contributed by atoms with Crippen LogP contribution in [0.3, 0.4) is 0 Å². The minimum Gasteiger partial charge on any atom is -0.508 e. The smallest absolute Gasteiger partial charge is 0.141 e. The van der Waals surface area contributed by atoms with E-state index in [1.54, 1.807) is 6.07 Å². The van der Waals surface area contributed by atoms with Gasteiger partial charge in [-0.25, -0.2) is 0 Å². The number of rotatable bonds is 1. The minimum atomic E-state index is -0.0853. The second-order valence-electron chi connectivity index (χ2n) is 8.76. The molecule has 31 heavy (non-hydrogen) atoms. The van der Waals surface area contributed by atoms with Gasteiger partial charge in [-0.3, -0.25) is 0 Å². The summed E-state index contributed by atoms with van der Waals surface area (Å²) >= 11 is 7.05. The zero-order chi connectivity index (χ0) is 21.3. The van der Waals surface area contributed by atoms with Gasteiger partial charge in [-0.05, 0) is 48.1 Å². The monoisotopic (exact) mass is 445 g/mol. The molecule has 156 valence electrons. The molecule has 0 aromatic heterocycles. The molecule has 1 aliphatic heterocycles. The quantitative estimate of drug-likeness (QED) is 0.192. The van der Waals surface area contributed by atoms with E-state index in [-0.39, 0.29) is 23.3 Å². The summed E-state index contributed by atoms with van der Waals surface area (Å²) in [5.74, 6) is 0.353. The van der Waals surface area contributed by atoms with Gasteiger partial charge >= 0.3 is 0 Å². The third kappa shape index (κ3) is 2.76. The van der Waals surface area contributed by atoms with Crippen LogP contribution in [0, 0.1) is 6.92 Å². The number of benzene rings is 3. The fraction of sp³-hybridized carbons (Fsp3) is 0.269. The topological polar surface area (TPSA) is 43.7 Å². The largest absolute Gasteiger partial charge is 0.508 e. The highest BCUT2D eigenvalue weighted by atomic mass is 32.2. The van der Waals surface area contributed by atoms with Crippen molar-refractivity contribution in [2.75, 3.05) is 13.1 Å². The average molecular weight is 446 g/mol. The van der Waals surface area contributed by atoms with E-state index < -0.39 is 0 Å². The number of phenolic OH excluding ortho intramolecular Hbond substituents is 2. The van der Waals surface area contributed by atoms with Crippen molar-refractivity contribution in [2.45, 2.75) is 36.5 Å². The average Bonchev–Trinajstić information content (AvgIpc) is 3.31. The van der Waals surface area contributed by atoms with Crippen LogP contribution in [-0.2, 0) is 0 Å². The van der Waals surface area contributed by atoms with Crippen LogP contribution in [0.2, 0.25) is 0 Å². The Kier molecular flexibility index (Phi) is 4.34. The number of nitrogens with zero attached hydrogens (tertiary/aromatic N) is 1. The van der Waals surface area contributed by atoms with E-state index in [2.05, 4.69) is 54.3 Å². The molecule has 3 nitrogen and oxygen atoms in total. The molecule has 1 heterocycles. The Morgan fingerprint density at radius 2 is 1.55 bits per heavy atom. The van der Waals surface area contributed by atoms with E-state index in [0.29, 0.717) is 4.90 Å². The molecule has 0 spiro atoms. The molecule has 3 aromatic carbocycles.